The number of hydrogen-bond acceptors (Lipinski definition) is 3. The van der Waals surface area contributed by atoms with Crippen LogP contribution in [-0.4, -0.2) is 24.2 Å². The number of nitrogens with one attached hydrogen (secondary N) is 1. The molecule has 0 spiro atoms. The van der Waals surface area contributed by atoms with Crippen molar-refractivity contribution in [2.75, 3.05) is 13.2 Å². The van der Waals surface area contributed by atoms with E-state index in [9.17, 15) is 9.90 Å². The Balaban J connectivity index is 2.22. The Bertz CT molecular complexity index is 365. The Morgan fingerprint density at radius 1 is 1.40 bits per heavy atom. The quantitative estimate of drug-likeness (QED) is 0.721. The van der Waals surface area contributed by atoms with Crippen LogP contribution in [0.4, 0.5) is 0 Å². The van der Waals surface area contributed by atoms with Crippen LogP contribution >= 0.6 is 0 Å². The van der Waals surface area contributed by atoms with Crippen molar-refractivity contribution in [3.63, 3.8) is 0 Å². The third-order valence-electron chi connectivity index (χ3n) is 2.41. The van der Waals surface area contributed by atoms with Gasteiger partial charge in [0, 0.05) is 12.0 Å². The zero-order chi connectivity index (χ0) is 10.7. The Morgan fingerprint density at radius 2 is 2.20 bits per heavy atom. The number of phenols is 1. The van der Waals surface area contributed by atoms with Crippen molar-refractivity contribution in [1.82, 2.24) is 5.32 Å². The topological polar surface area (TPSA) is 58.6 Å². The monoisotopic (exact) mass is 207 g/mol. The van der Waals surface area contributed by atoms with Crippen LogP contribution < -0.4 is 5.32 Å². The molecule has 4 nitrogen and oxygen atoms in total. The molecule has 1 unspecified atom stereocenters. The smallest absolute Gasteiger partial charge is 0.222 e. The first-order valence-electron chi connectivity index (χ1n) is 4.92. The minimum Gasteiger partial charge on any atom is -0.508 e. The summed E-state index contributed by atoms with van der Waals surface area (Å²) in [6.07, 6.45) is 0.379. The first kappa shape index (κ1) is 9.98. The van der Waals surface area contributed by atoms with Crippen LogP contribution in [0.3, 0.4) is 0 Å². The van der Waals surface area contributed by atoms with Gasteiger partial charge in [0.05, 0.1) is 19.3 Å². The normalized spacial score (nSPS) is 21.9. The van der Waals surface area contributed by atoms with Crippen molar-refractivity contribution in [3.05, 3.63) is 29.8 Å². The summed E-state index contributed by atoms with van der Waals surface area (Å²) in [5, 5.41) is 12.4. The van der Waals surface area contributed by atoms with Crippen LogP contribution in [0, 0.1) is 0 Å². The zero-order valence-corrected chi connectivity index (χ0v) is 8.27. The number of carbonyl (C=O) groups is 1. The number of rotatable bonds is 1. The number of hydrogen-bond donors (Lipinski definition) is 2. The van der Waals surface area contributed by atoms with Crippen LogP contribution in [0.15, 0.2) is 24.3 Å². The first-order chi connectivity index (χ1) is 7.27. The van der Waals surface area contributed by atoms with Gasteiger partial charge >= 0.3 is 0 Å². The van der Waals surface area contributed by atoms with Gasteiger partial charge in [-0.2, -0.15) is 0 Å². The second-order valence-electron chi connectivity index (χ2n) is 3.50. The van der Waals surface area contributed by atoms with Crippen LogP contribution in [0.2, 0.25) is 0 Å². The highest BCUT2D eigenvalue weighted by atomic mass is 16.5. The number of aromatic hydroxyl groups is 1. The summed E-state index contributed by atoms with van der Waals surface area (Å²) >= 11 is 0. The van der Waals surface area contributed by atoms with Gasteiger partial charge in [-0.1, -0.05) is 18.2 Å². The summed E-state index contributed by atoms with van der Waals surface area (Å²) in [6, 6.07) is 6.72. The number of ether oxygens (including phenoxy) is 1. The summed E-state index contributed by atoms with van der Waals surface area (Å²) in [5.41, 5.74) is 0.702. The van der Waals surface area contributed by atoms with E-state index in [2.05, 4.69) is 5.32 Å². The predicted molar refractivity (Wildman–Crippen MR) is 54.4 cm³/mol. The van der Waals surface area contributed by atoms with Crippen LogP contribution in [-0.2, 0) is 9.53 Å². The molecular formula is C11H13NO3. The van der Waals surface area contributed by atoms with E-state index in [0.717, 1.165) is 0 Å². The van der Waals surface area contributed by atoms with E-state index < -0.39 is 0 Å². The van der Waals surface area contributed by atoms with E-state index >= 15 is 0 Å². The molecule has 1 amide bonds. The average molecular weight is 207 g/mol. The molecule has 0 bridgehead atoms. The highest BCUT2D eigenvalue weighted by Crippen LogP contribution is 2.24. The SMILES string of the molecule is O=C1CCOCC(c2ccccc2O)N1. The first-order valence-corrected chi connectivity index (χ1v) is 4.92. The van der Waals surface area contributed by atoms with Crippen molar-refractivity contribution in [2.45, 2.75) is 12.5 Å². The lowest BCUT2D eigenvalue weighted by atomic mass is 10.1. The molecule has 1 aliphatic heterocycles. The minimum absolute atomic E-state index is 0.0410. The fourth-order valence-corrected chi connectivity index (χ4v) is 1.62. The van der Waals surface area contributed by atoms with E-state index in [0.29, 0.717) is 25.2 Å². The molecule has 1 heterocycles. The summed E-state index contributed by atoms with van der Waals surface area (Å²) in [6.45, 7) is 0.846. The van der Waals surface area contributed by atoms with E-state index in [1.807, 2.05) is 6.07 Å². The summed E-state index contributed by atoms with van der Waals surface area (Å²) in [7, 11) is 0. The van der Waals surface area contributed by atoms with Gasteiger partial charge in [-0.05, 0) is 6.07 Å². The molecule has 1 atom stereocenters. The Morgan fingerprint density at radius 3 is 3.00 bits per heavy atom. The molecule has 2 rings (SSSR count). The molecule has 1 aromatic rings. The van der Waals surface area contributed by atoms with Gasteiger partial charge in [0.15, 0.2) is 0 Å². The second-order valence-corrected chi connectivity index (χ2v) is 3.50. The Kier molecular flexibility index (Phi) is 2.87. The van der Waals surface area contributed by atoms with Gasteiger partial charge in [-0.25, -0.2) is 0 Å². The fraction of sp³-hybridized carbons (Fsp3) is 0.364. The van der Waals surface area contributed by atoms with E-state index in [-0.39, 0.29) is 17.7 Å². The highest BCUT2D eigenvalue weighted by Gasteiger charge is 2.20. The Labute approximate surface area is 87.9 Å². The van der Waals surface area contributed by atoms with Gasteiger partial charge in [0.1, 0.15) is 5.75 Å². The van der Waals surface area contributed by atoms with E-state index in [1.54, 1.807) is 18.2 Å². The molecule has 1 saturated heterocycles. The predicted octanol–water partition coefficient (Wildman–Crippen LogP) is 0.970. The number of phenolic OH excluding ortho intramolecular Hbond substituents is 1. The largest absolute Gasteiger partial charge is 0.508 e. The van der Waals surface area contributed by atoms with Gasteiger partial charge in [-0.3, -0.25) is 4.79 Å². The molecule has 1 aliphatic rings. The molecule has 1 fully saturated rings. The molecule has 4 heteroatoms. The summed E-state index contributed by atoms with van der Waals surface area (Å²) < 4.78 is 5.29. The van der Waals surface area contributed by atoms with Crippen molar-refractivity contribution in [1.29, 1.82) is 0 Å². The maximum Gasteiger partial charge on any atom is 0.222 e. The molecule has 2 N–H and O–H groups in total. The molecule has 0 radical (unpaired) electrons. The lowest BCUT2D eigenvalue weighted by molar-refractivity contribution is -0.121. The Hall–Kier alpha value is -1.55. The van der Waals surface area contributed by atoms with Crippen LogP contribution in [0.5, 0.6) is 5.75 Å². The molecular weight excluding hydrogens is 194 g/mol. The molecule has 0 aromatic heterocycles. The van der Waals surface area contributed by atoms with Crippen LogP contribution in [0.1, 0.15) is 18.0 Å². The van der Waals surface area contributed by atoms with Crippen LogP contribution in [0.25, 0.3) is 0 Å². The molecule has 0 saturated carbocycles. The summed E-state index contributed by atoms with van der Waals surface area (Å²) in [4.78, 5) is 11.3. The lowest BCUT2D eigenvalue weighted by Gasteiger charge is -2.16. The number of para-hydroxylation sites is 1. The lowest BCUT2D eigenvalue weighted by Crippen LogP contribution is -2.28. The van der Waals surface area contributed by atoms with Gasteiger partial charge in [0.25, 0.3) is 0 Å². The van der Waals surface area contributed by atoms with E-state index in [4.69, 9.17) is 4.74 Å². The third kappa shape index (κ3) is 2.27. The number of carbonyl (C=O) groups excluding carboxylic acids is 1. The van der Waals surface area contributed by atoms with Crippen molar-refractivity contribution in [3.8, 4) is 5.75 Å². The van der Waals surface area contributed by atoms with Crippen molar-refractivity contribution >= 4 is 5.91 Å². The molecule has 0 aliphatic carbocycles. The number of benzene rings is 1. The molecule has 80 valence electrons. The molecule has 1 aromatic carbocycles. The maximum absolute atomic E-state index is 11.3. The average Bonchev–Trinajstić information content (AvgIpc) is 2.43. The fourth-order valence-electron chi connectivity index (χ4n) is 1.62. The van der Waals surface area contributed by atoms with Crippen molar-refractivity contribution < 1.29 is 14.6 Å². The summed E-state index contributed by atoms with van der Waals surface area (Å²) in [5.74, 6) is 0.147. The molecule has 15 heavy (non-hydrogen) atoms. The van der Waals surface area contributed by atoms with Gasteiger partial charge in [-0.15, -0.1) is 0 Å². The maximum atomic E-state index is 11.3. The van der Waals surface area contributed by atoms with Crippen molar-refractivity contribution in [2.24, 2.45) is 0 Å². The minimum atomic E-state index is -0.249. The van der Waals surface area contributed by atoms with E-state index in [1.165, 1.54) is 0 Å². The zero-order valence-electron chi connectivity index (χ0n) is 8.27. The van der Waals surface area contributed by atoms with Gasteiger partial charge in [0.2, 0.25) is 5.91 Å². The van der Waals surface area contributed by atoms with Gasteiger partial charge < -0.3 is 15.2 Å². The number of amides is 1. The standard InChI is InChI=1S/C11H13NO3/c13-10-4-2-1-3-8(10)9-7-15-6-5-11(14)12-9/h1-4,9,13H,5-7H2,(H,12,14). The highest BCUT2D eigenvalue weighted by molar-refractivity contribution is 5.76. The third-order valence-corrected chi connectivity index (χ3v) is 2.41. The second kappa shape index (κ2) is 4.31.